The molecule has 0 saturated carbocycles. The Morgan fingerprint density at radius 2 is 1.14 bits per heavy atom. The first-order valence-corrected chi connectivity index (χ1v) is 16.9. The molecule has 2 atom stereocenters. The average molecular weight is 771 g/mol. The van der Waals surface area contributed by atoms with Crippen LogP contribution >= 0.6 is 47.8 Å². The second-order valence-corrected chi connectivity index (χ2v) is 16.2. The minimum Gasteiger partial charge on any atom is -0.462 e. The van der Waals surface area contributed by atoms with E-state index in [1.807, 2.05) is 12.1 Å². The third kappa shape index (κ3) is 6.91. The molecule has 5 nitrogen and oxygen atoms in total. The summed E-state index contributed by atoms with van der Waals surface area (Å²) < 4.78 is 13.1. The number of hydrogen-bond acceptors (Lipinski definition) is 5. The summed E-state index contributed by atoms with van der Waals surface area (Å²) in [6, 6.07) is 8.43. The number of esters is 2. The molecule has 2 aliphatic carbocycles. The van der Waals surface area contributed by atoms with Gasteiger partial charge in [-0.05, 0) is 69.7 Å². The van der Waals surface area contributed by atoms with Crippen molar-refractivity contribution in [3.63, 3.8) is 0 Å². The first-order valence-electron chi connectivity index (χ1n) is 14.2. The van der Waals surface area contributed by atoms with Crippen molar-refractivity contribution in [3.8, 4) is 0 Å². The van der Waals surface area contributed by atoms with Crippen molar-refractivity contribution in [2.24, 2.45) is 0 Å². The quantitative estimate of drug-likeness (QED) is 0.176. The Kier molecular flexibility index (Phi) is 10.4. The van der Waals surface area contributed by atoms with Crippen molar-refractivity contribution in [3.05, 3.63) is 66.6 Å². The number of ether oxygens (including phenoxy) is 2. The normalized spacial score (nSPS) is 22.4. The van der Waals surface area contributed by atoms with Crippen LogP contribution in [0.1, 0.15) is 120 Å². The molecule has 0 bridgehead atoms. The highest BCUT2D eigenvalue weighted by Crippen LogP contribution is 2.50. The number of carbonyl (C=O) groups excluding carboxylic acids is 3. The Balaban J connectivity index is 0.000000230. The first-order chi connectivity index (χ1) is 19.2. The molecule has 8 heteroatoms. The summed E-state index contributed by atoms with van der Waals surface area (Å²) in [7, 11) is 0. The molecule has 2 aromatic carbocycles. The Morgan fingerprint density at radius 1 is 0.738 bits per heavy atom. The monoisotopic (exact) mass is 768 g/mol. The number of fused-ring (bicyclic) bond motifs is 2. The van der Waals surface area contributed by atoms with Crippen LogP contribution < -0.4 is 0 Å². The van der Waals surface area contributed by atoms with Crippen molar-refractivity contribution < 1.29 is 23.9 Å². The van der Waals surface area contributed by atoms with Gasteiger partial charge in [0.1, 0.15) is 12.2 Å². The zero-order valence-electron chi connectivity index (χ0n) is 26.3. The maximum atomic E-state index is 11.5. The molecule has 0 heterocycles. The minimum atomic E-state index is -0.324. The Morgan fingerprint density at radius 3 is 1.52 bits per heavy atom. The topological polar surface area (TPSA) is 69.7 Å². The van der Waals surface area contributed by atoms with Gasteiger partial charge in [0.25, 0.3) is 0 Å². The van der Waals surface area contributed by atoms with Gasteiger partial charge in [-0.25, -0.2) is 0 Å². The second kappa shape index (κ2) is 12.5. The molecule has 42 heavy (non-hydrogen) atoms. The number of aldehydes is 1. The van der Waals surface area contributed by atoms with E-state index in [0.29, 0.717) is 5.56 Å². The van der Waals surface area contributed by atoms with Crippen molar-refractivity contribution in [2.75, 3.05) is 0 Å². The van der Waals surface area contributed by atoms with Gasteiger partial charge in [-0.2, -0.15) is 0 Å². The number of alkyl halides is 1. The van der Waals surface area contributed by atoms with Crippen LogP contribution in [0.15, 0.2) is 33.2 Å². The van der Waals surface area contributed by atoms with Crippen LogP contribution in [0, 0.1) is 0 Å². The summed E-state index contributed by atoms with van der Waals surface area (Å²) in [6.07, 6.45) is 2.16. The molecule has 0 aliphatic heterocycles. The lowest BCUT2D eigenvalue weighted by Gasteiger charge is -2.47. The zero-order chi connectivity index (χ0) is 32.0. The molecule has 2 aliphatic rings. The number of benzene rings is 2. The van der Waals surface area contributed by atoms with Gasteiger partial charge >= 0.3 is 11.9 Å². The summed E-state index contributed by atoms with van der Waals surface area (Å²) in [5, 5.41) is 0.801. The number of rotatable bonds is 4. The molecule has 0 aromatic heterocycles. The van der Waals surface area contributed by atoms with Crippen LogP contribution in [0.5, 0.6) is 0 Å². The molecule has 0 fully saturated rings. The van der Waals surface area contributed by atoms with Crippen LogP contribution in [0.3, 0.4) is 0 Å². The van der Waals surface area contributed by atoms with Crippen LogP contribution in [-0.2, 0) is 46.1 Å². The van der Waals surface area contributed by atoms with Crippen molar-refractivity contribution in [2.45, 2.75) is 121 Å². The van der Waals surface area contributed by atoms with Gasteiger partial charge in [0.2, 0.25) is 0 Å². The zero-order valence-corrected chi connectivity index (χ0v) is 31.1. The summed E-state index contributed by atoms with van der Waals surface area (Å²) >= 11 is 10.7. The summed E-state index contributed by atoms with van der Waals surface area (Å²) in [5.74, 6) is -0.467. The van der Waals surface area contributed by atoms with E-state index in [-0.39, 0.29) is 45.8 Å². The SMILES string of the molecule is CC(=O)OC1CC(C)(C)c2cc(Br)c(C=O)cc2C1(C)C.CC(=O)OC1CC(C)(C)c2cc(Br)c(CBr)cc2C1(C)C. The number of hydrogen-bond donors (Lipinski definition) is 0. The van der Waals surface area contributed by atoms with E-state index in [2.05, 4.69) is 115 Å². The Hall–Kier alpha value is -1.51. The molecule has 2 unspecified atom stereocenters. The Bertz CT molecular complexity index is 1390. The second-order valence-electron chi connectivity index (χ2n) is 14.0. The number of halogens is 3. The fraction of sp³-hybridized carbons (Fsp3) is 0.559. The molecule has 230 valence electrons. The van der Waals surface area contributed by atoms with E-state index < -0.39 is 0 Å². The summed E-state index contributed by atoms with van der Waals surface area (Å²) in [6.45, 7) is 20.1. The van der Waals surface area contributed by atoms with E-state index in [9.17, 15) is 14.4 Å². The van der Waals surface area contributed by atoms with E-state index >= 15 is 0 Å². The lowest BCUT2D eigenvalue weighted by molar-refractivity contribution is -0.152. The van der Waals surface area contributed by atoms with Crippen LogP contribution in [-0.4, -0.2) is 30.4 Å². The van der Waals surface area contributed by atoms with Gasteiger partial charge < -0.3 is 9.47 Å². The molecule has 0 radical (unpaired) electrons. The maximum Gasteiger partial charge on any atom is 0.302 e. The highest BCUT2D eigenvalue weighted by Gasteiger charge is 2.47. The Labute approximate surface area is 276 Å². The lowest BCUT2D eigenvalue weighted by atomic mass is 9.61. The van der Waals surface area contributed by atoms with Crippen molar-refractivity contribution in [1.82, 2.24) is 0 Å². The van der Waals surface area contributed by atoms with Gasteiger partial charge in [-0.15, -0.1) is 0 Å². The van der Waals surface area contributed by atoms with E-state index in [1.54, 1.807) is 0 Å². The highest BCUT2D eigenvalue weighted by molar-refractivity contribution is 9.11. The lowest BCUT2D eigenvalue weighted by Crippen LogP contribution is -2.47. The average Bonchev–Trinajstić information content (AvgIpc) is 2.85. The van der Waals surface area contributed by atoms with E-state index in [4.69, 9.17) is 9.47 Å². The standard InChI is InChI=1S/C17H22Br2O2.C17H21BrO3/c1-10(20)21-15-8-16(2,3)12-7-14(19)11(9-18)6-13(12)17(15,4)5;1-10(20)21-15-8-16(2,3)12-7-14(18)11(9-19)6-13(12)17(15,4)5/h6-7,15H,8-9H2,1-5H3;6-7,9,15H,8H2,1-5H3. The predicted molar refractivity (Wildman–Crippen MR) is 179 cm³/mol. The fourth-order valence-corrected chi connectivity index (χ4v) is 8.13. The number of carbonyl (C=O) groups is 3. The minimum absolute atomic E-state index is 0.0155. The molecular formula is C34H43Br3O5. The molecule has 0 amide bonds. The predicted octanol–water partition coefficient (Wildman–Crippen LogP) is 9.39. The third-order valence-corrected chi connectivity index (χ3v) is 11.1. The molecule has 0 N–H and O–H groups in total. The van der Waals surface area contributed by atoms with Gasteiger partial charge in [-0.1, -0.05) is 109 Å². The van der Waals surface area contributed by atoms with Crippen LogP contribution in [0.4, 0.5) is 0 Å². The van der Waals surface area contributed by atoms with E-state index in [1.165, 1.54) is 36.1 Å². The maximum absolute atomic E-state index is 11.5. The van der Waals surface area contributed by atoms with Crippen LogP contribution in [0.2, 0.25) is 0 Å². The van der Waals surface area contributed by atoms with Crippen molar-refractivity contribution >= 4 is 66.0 Å². The fourth-order valence-electron chi connectivity index (χ4n) is 6.37. The van der Waals surface area contributed by atoms with E-state index in [0.717, 1.165) is 39.0 Å². The molecule has 4 rings (SSSR count). The molecule has 0 saturated heterocycles. The largest absolute Gasteiger partial charge is 0.462 e. The van der Waals surface area contributed by atoms with Crippen LogP contribution in [0.25, 0.3) is 0 Å². The molecule has 0 spiro atoms. The van der Waals surface area contributed by atoms with Gasteiger partial charge in [0.05, 0.1) is 0 Å². The highest BCUT2D eigenvalue weighted by atomic mass is 79.9. The molecular weight excluding hydrogens is 728 g/mol. The summed E-state index contributed by atoms with van der Waals surface area (Å²) in [5.41, 5.74) is 6.11. The van der Waals surface area contributed by atoms with Crippen molar-refractivity contribution in [1.29, 1.82) is 0 Å². The third-order valence-electron chi connectivity index (χ3n) is 9.06. The van der Waals surface area contributed by atoms with Gasteiger partial charge in [-0.3, -0.25) is 14.4 Å². The van der Waals surface area contributed by atoms with Gasteiger partial charge in [0.15, 0.2) is 6.29 Å². The first kappa shape index (κ1) is 35.0. The molecule has 2 aromatic rings. The smallest absolute Gasteiger partial charge is 0.302 e. The summed E-state index contributed by atoms with van der Waals surface area (Å²) in [4.78, 5) is 34.1. The van der Waals surface area contributed by atoms with Gasteiger partial charge in [0, 0.05) is 44.5 Å².